The summed E-state index contributed by atoms with van der Waals surface area (Å²) < 4.78 is 0. The molecule has 2 aliphatic rings. The molecule has 2 aliphatic carbocycles. The molecule has 0 spiro atoms. The number of nitrogen functional groups attached to an aromatic ring is 2. The minimum absolute atomic E-state index is 0.0949. The molecule has 2 heteroatoms. The summed E-state index contributed by atoms with van der Waals surface area (Å²) >= 11 is 0. The summed E-state index contributed by atoms with van der Waals surface area (Å²) in [5.41, 5.74) is 16.9. The highest BCUT2D eigenvalue weighted by Gasteiger charge is 2.44. The largest absolute Gasteiger partial charge is 0.399 e. The molecule has 4 rings (SSSR count). The average Bonchev–Trinajstić information content (AvgIpc) is 2.82. The molecule has 2 fully saturated rings. The lowest BCUT2D eigenvalue weighted by Crippen LogP contribution is -2.40. The Bertz CT molecular complexity index is 769. The van der Waals surface area contributed by atoms with Crippen LogP contribution in [0.1, 0.15) is 102 Å². The van der Waals surface area contributed by atoms with E-state index in [9.17, 15) is 0 Å². The van der Waals surface area contributed by atoms with E-state index < -0.39 is 0 Å². The monoisotopic (exact) mass is 432 g/mol. The Labute approximate surface area is 196 Å². The fraction of sp³-hybridized carbons (Fsp3) is 0.600. The van der Waals surface area contributed by atoms with Gasteiger partial charge in [-0.25, -0.2) is 0 Å². The van der Waals surface area contributed by atoms with Crippen LogP contribution in [0.4, 0.5) is 11.4 Å². The highest BCUT2D eigenvalue weighted by Crippen LogP contribution is 2.52. The lowest BCUT2D eigenvalue weighted by molar-refractivity contribution is 0.153. The van der Waals surface area contributed by atoms with Gasteiger partial charge in [-0.15, -0.1) is 0 Å². The Balaban J connectivity index is 1.55. The van der Waals surface area contributed by atoms with E-state index >= 15 is 0 Å². The molecule has 0 aliphatic heterocycles. The summed E-state index contributed by atoms with van der Waals surface area (Å²) in [6, 6.07) is 17.6. The Hall–Kier alpha value is -1.96. The first-order valence-electron chi connectivity index (χ1n) is 13.3. The Kier molecular flexibility index (Phi) is 7.81. The first-order chi connectivity index (χ1) is 15.6. The van der Waals surface area contributed by atoms with Gasteiger partial charge in [-0.1, -0.05) is 95.4 Å². The van der Waals surface area contributed by atoms with Crippen molar-refractivity contribution in [1.29, 1.82) is 0 Å². The SMILES string of the molecule is CCCCCC1CCC(CC2CCCCC2(c2ccc(N)cc2)c2ccc(N)cc2)CC1. The first kappa shape index (κ1) is 23.2. The zero-order valence-electron chi connectivity index (χ0n) is 20.2. The molecule has 32 heavy (non-hydrogen) atoms. The molecular weight excluding hydrogens is 388 g/mol. The van der Waals surface area contributed by atoms with E-state index in [2.05, 4.69) is 55.5 Å². The van der Waals surface area contributed by atoms with Crippen molar-refractivity contribution in [3.63, 3.8) is 0 Å². The maximum Gasteiger partial charge on any atom is 0.0314 e. The maximum atomic E-state index is 6.08. The summed E-state index contributed by atoms with van der Waals surface area (Å²) in [4.78, 5) is 0. The first-order valence-corrected chi connectivity index (χ1v) is 13.3. The van der Waals surface area contributed by atoms with Crippen LogP contribution >= 0.6 is 0 Å². The van der Waals surface area contributed by atoms with E-state index in [1.807, 2.05) is 0 Å². The zero-order chi connectivity index (χ0) is 22.4. The van der Waals surface area contributed by atoms with Gasteiger partial charge in [0.25, 0.3) is 0 Å². The summed E-state index contributed by atoms with van der Waals surface area (Å²) in [5, 5.41) is 0. The highest BCUT2D eigenvalue weighted by atomic mass is 14.6. The lowest BCUT2D eigenvalue weighted by atomic mass is 9.56. The molecule has 0 saturated heterocycles. The van der Waals surface area contributed by atoms with Crippen LogP contribution in [0.25, 0.3) is 0 Å². The fourth-order valence-corrected chi connectivity index (χ4v) is 6.89. The molecular formula is C30H44N2. The van der Waals surface area contributed by atoms with E-state index in [0.29, 0.717) is 5.92 Å². The maximum absolute atomic E-state index is 6.08. The summed E-state index contributed by atoms with van der Waals surface area (Å²) in [6.07, 6.45) is 18.0. The van der Waals surface area contributed by atoms with Crippen molar-refractivity contribution >= 4 is 11.4 Å². The van der Waals surface area contributed by atoms with Crippen LogP contribution < -0.4 is 11.5 Å². The molecule has 0 radical (unpaired) electrons. The van der Waals surface area contributed by atoms with Crippen LogP contribution in [0.5, 0.6) is 0 Å². The third kappa shape index (κ3) is 5.16. The molecule has 174 valence electrons. The quantitative estimate of drug-likeness (QED) is 0.327. The van der Waals surface area contributed by atoms with Crippen molar-refractivity contribution in [3.8, 4) is 0 Å². The van der Waals surface area contributed by atoms with Crippen molar-refractivity contribution in [2.24, 2.45) is 17.8 Å². The second kappa shape index (κ2) is 10.8. The second-order valence-electron chi connectivity index (χ2n) is 10.8. The number of hydrogen-bond acceptors (Lipinski definition) is 2. The van der Waals surface area contributed by atoms with Gasteiger partial charge in [-0.05, 0) is 72.4 Å². The lowest BCUT2D eigenvalue weighted by Gasteiger charge is -2.47. The fourth-order valence-electron chi connectivity index (χ4n) is 6.89. The third-order valence-corrected chi connectivity index (χ3v) is 8.72. The van der Waals surface area contributed by atoms with Crippen LogP contribution in [0.2, 0.25) is 0 Å². The molecule has 2 aromatic carbocycles. The van der Waals surface area contributed by atoms with Gasteiger partial charge in [0.15, 0.2) is 0 Å². The van der Waals surface area contributed by atoms with Crippen LogP contribution in [0.15, 0.2) is 48.5 Å². The van der Waals surface area contributed by atoms with Crippen molar-refractivity contribution < 1.29 is 0 Å². The number of nitrogens with two attached hydrogens (primary N) is 2. The smallest absolute Gasteiger partial charge is 0.0314 e. The van der Waals surface area contributed by atoms with Crippen LogP contribution in [-0.2, 0) is 5.41 Å². The van der Waals surface area contributed by atoms with Gasteiger partial charge in [-0.3, -0.25) is 0 Å². The molecule has 1 unspecified atom stereocenters. The van der Waals surface area contributed by atoms with E-state index in [4.69, 9.17) is 11.5 Å². The molecule has 2 aromatic rings. The molecule has 2 saturated carbocycles. The zero-order valence-corrected chi connectivity index (χ0v) is 20.2. The number of hydrogen-bond donors (Lipinski definition) is 2. The van der Waals surface area contributed by atoms with Crippen molar-refractivity contribution in [2.75, 3.05) is 11.5 Å². The molecule has 0 bridgehead atoms. The van der Waals surface area contributed by atoms with Gasteiger partial charge in [0, 0.05) is 16.8 Å². The van der Waals surface area contributed by atoms with Gasteiger partial charge < -0.3 is 11.5 Å². The number of benzene rings is 2. The standard InChI is InChI=1S/C30H44N2/c1-2-3-4-7-23-9-11-24(12-10-23)22-27-8-5-6-21-30(27,25-13-17-28(31)18-14-25)26-15-19-29(32)20-16-26/h13-20,23-24,27H,2-12,21-22,31-32H2,1H3. The van der Waals surface area contributed by atoms with Gasteiger partial charge in [0.1, 0.15) is 0 Å². The van der Waals surface area contributed by atoms with Gasteiger partial charge in [-0.2, -0.15) is 0 Å². The minimum Gasteiger partial charge on any atom is -0.399 e. The predicted octanol–water partition coefficient (Wildman–Crippen LogP) is 8.10. The summed E-state index contributed by atoms with van der Waals surface area (Å²) in [5.74, 6) is 2.58. The number of unbranched alkanes of at least 4 members (excludes halogenated alkanes) is 2. The molecule has 0 amide bonds. The number of rotatable bonds is 8. The van der Waals surface area contributed by atoms with Crippen molar-refractivity contribution in [3.05, 3.63) is 59.7 Å². The van der Waals surface area contributed by atoms with Crippen LogP contribution in [0, 0.1) is 17.8 Å². The summed E-state index contributed by atoms with van der Waals surface area (Å²) in [7, 11) is 0. The molecule has 0 heterocycles. The Morgan fingerprint density at radius 2 is 1.28 bits per heavy atom. The van der Waals surface area contributed by atoms with Gasteiger partial charge in [0.2, 0.25) is 0 Å². The Morgan fingerprint density at radius 3 is 1.84 bits per heavy atom. The van der Waals surface area contributed by atoms with Crippen molar-refractivity contribution in [1.82, 2.24) is 0 Å². The minimum atomic E-state index is 0.0949. The average molecular weight is 433 g/mol. The predicted molar refractivity (Wildman–Crippen MR) is 139 cm³/mol. The van der Waals surface area contributed by atoms with Crippen LogP contribution in [-0.4, -0.2) is 0 Å². The molecule has 1 atom stereocenters. The topological polar surface area (TPSA) is 52.0 Å². The van der Waals surface area contributed by atoms with E-state index in [-0.39, 0.29) is 5.41 Å². The van der Waals surface area contributed by atoms with Gasteiger partial charge in [0.05, 0.1) is 0 Å². The highest BCUT2D eigenvalue weighted by molar-refractivity contribution is 5.49. The third-order valence-electron chi connectivity index (χ3n) is 8.72. The van der Waals surface area contributed by atoms with Crippen LogP contribution in [0.3, 0.4) is 0 Å². The Morgan fingerprint density at radius 1 is 0.719 bits per heavy atom. The molecule has 0 aromatic heterocycles. The normalized spacial score (nSPS) is 25.5. The molecule has 4 N–H and O–H groups in total. The second-order valence-corrected chi connectivity index (χ2v) is 10.8. The van der Waals surface area contributed by atoms with E-state index in [1.165, 1.54) is 94.6 Å². The van der Waals surface area contributed by atoms with E-state index in [1.54, 1.807) is 0 Å². The van der Waals surface area contributed by atoms with Gasteiger partial charge >= 0.3 is 0 Å². The summed E-state index contributed by atoms with van der Waals surface area (Å²) in [6.45, 7) is 2.31. The number of anilines is 2. The molecule has 2 nitrogen and oxygen atoms in total. The van der Waals surface area contributed by atoms with Crippen molar-refractivity contribution in [2.45, 2.75) is 95.8 Å². The van der Waals surface area contributed by atoms with E-state index in [0.717, 1.165) is 23.2 Å².